The highest BCUT2D eigenvalue weighted by Gasteiger charge is 2.29. The summed E-state index contributed by atoms with van der Waals surface area (Å²) in [7, 11) is 0. The number of rotatable bonds is 4. The van der Waals surface area contributed by atoms with Crippen LogP contribution in [0.25, 0.3) is 9.88 Å². The average Bonchev–Trinajstić information content (AvgIpc) is 3.43. The zero-order chi connectivity index (χ0) is 19.7. The van der Waals surface area contributed by atoms with Gasteiger partial charge in [0.25, 0.3) is 5.91 Å². The number of aryl methyl sites for hydroxylation is 1. The number of hydrogen-bond donors (Lipinski definition) is 0. The predicted octanol–water partition coefficient (Wildman–Crippen LogP) is 4.70. The molecule has 2 fully saturated rings. The quantitative estimate of drug-likeness (QED) is 0.696. The molecule has 0 unspecified atom stereocenters. The topological polar surface area (TPSA) is 53.5 Å². The molecule has 2 aromatic rings. The van der Waals surface area contributed by atoms with Crippen molar-refractivity contribution in [3.8, 4) is 9.88 Å². The molecule has 0 spiro atoms. The van der Waals surface area contributed by atoms with E-state index < -0.39 is 0 Å². The Morgan fingerprint density at radius 1 is 1.11 bits per heavy atom. The summed E-state index contributed by atoms with van der Waals surface area (Å²) < 4.78 is 0.717. The Balaban J connectivity index is 1.36. The van der Waals surface area contributed by atoms with Gasteiger partial charge in [-0.1, -0.05) is 24.4 Å². The number of carbonyl (C=O) groups is 2. The van der Waals surface area contributed by atoms with Gasteiger partial charge in [-0.3, -0.25) is 9.59 Å². The van der Waals surface area contributed by atoms with Crippen molar-refractivity contribution in [1.29, 1.82) is 0 Å². The SMILES string of the molecule is Cc1nc(-c2ccc(Cl)s2)sc1C(=O)N1CCN(C(=O)CC2CCCC2)CC1. The van der Waals surface area contributed by atoms with E-state index >= 15 is 0 Å². The molecule has 1 aliphatic carbocycles. The lowest BCUT2D eigenvalue weighted by atomic mass is 10.0. The van der Waals surface area contributed by atoms with Crippen molar-refractivity contribution in [2.45, 2.75) is 39.0 Å². The lowest BCUT2D eigenvalue weighted by Gasteiger charge is -2.35. The molecule has 28 heavy (non-hydrogen) atoms. The van der Waals surface area contributed by atoms with Crippen LogP contribution in [0.2, 0.25) is 4.34 Å². The van der Waals surface area contributed by atoms with Gasteiger partial charge >= 0.3 is 0 Å². The van der Waals surface area contributed by atoms with E-state index in [2.05, 4.69) is 4.98 Å². The van der Waals surface area contributed by atoms with Gasteiger partial charge in [-0.25, -0.2) is 4.98 Å². The molecule has 0 aromatic carbocycles. The van der Waals surface area contributed by atoms with Crippen molar-refractivity contribution in [3.05, 3.63) is 27.0 Å². The van der Waals surface area contributed by atoms with Crippen molar-refractivity contribution in [1.82, 2.24) is 14.8 Å². The fourth-order valence-corrected chi connectivity index (χ4v) is 6.15. The third-order valence-electron chi connectivity index (χ3n) is 5.63. The van der Waals surface area contributed by atoms with Crippen molar-refractivity contribution < 1.29 is 9.59 Å². The molecule has 2 aliphatic rings. The molecule has 1 saturated carbocycles. The highest BCUT2D eigenvalue weighted by molar-refractivity contribution is 7.24. The number of thiophene rings is 1. The molecule has 3 heterocycles. The second-order valence-corrected chi connectivity index (χ2v) is 10.3. The molecular formula is C20H24ClN3O2S2. The van der Waals surface area contributed by atoms with Gasteiger partial charge in [-0.05, 0) is 37.8 Å². The summed E-state index contributed by atoms with van der Waals surface area (Å²) in [6, 6.07) is 3.79. The van der Waals surface area contributed by atoms with Crippen molar-refractivity contribution >= 4 is 46.1 Å². The maximum Gasteiger partial charge on any atom is 0.265 e. The fraction of sp³-hybridized carbons (Fsp3) is 0.550. The van der Waals surface area contributed by atoms with Gasteiger partial charge in [0.1, 0.15) is 9.88 Å². The largest absolute Gasteiger partial charge is 0.339 e. The first-order valence-corrected chi connectivity index (χ1v) is 11.8. The van der Waals surface area contributed by atoms with Crippen LogP contribution in [0.15, 0.2) is 12.1 Å². The molecule has 0 radical (unpaired) electrons. The van der Waals surface area contributed by atoms with Gasteiger partial charge in [-0.15, -0.1) is 22.7 Å². The number of aromatic nitrogens is 1. The molecule has 2 amide bonds. The summed E-state index contributed by atoms with van der Waals surface area (Å²) >= 11 is 8.92. The molecular weight excluding hydrogens is 414 g/mol. The highest BCUT2D eigenvalue weighted by atomic mass is 35.5. The Morgan fingerprint density at radius 3 is 2.43 bits per heavy atom. The number of hydrogen-bond acceptors (Lipinski definition) is 5. The number of carbonyl (C=O) groups excluding carboxylic acids is 2. The van der Waals surface area contributed by atoms with Crippen LogP contribution >= 0.6 is 34.3 Å². The van der Waals surface area contributed by atoms with Crippen molar-refractivity contribution in [3.63, 3.8) is 0 Å². The van der Waals surface area contributed by atoms with Crippen LogP contribution in [0.1, 0.15) is 47.5 Å². The highest BCUT2D eigenvalue weighted by Crippen LogP contribution is 2.35. The smallest absolute Gasteiger partial charge is 0.265 e. The molecule has 0 N–H and O–H groups in total. The van der Waals surface area contributed by atoms with Crippen molar-refractivity contribution in [2.24, 2.45) is 5.92 Å². The minimum Gasteiger partial charge on any atom is -0.339 e. The number of amides is 2. The van der Waals surface area contributed by atoms with E-state index in [0.717, 1.165) is 15.6 Å². The van der Waals surface area contributed by atoms with E-state index in [4.69, 9.17) is 11.6 Å². The van der Waals surface area contributed by atoms with Gasteiger partial charge in [-0.2, -0.15) is 0 Å². The minimum absolute atomic E-state index is 0.0202. The van der Waals surface area contributed by atoms with E-state index in [-0.39, 0.29) is 11.8 Å². The molecule has 2 aromatic heterocycles. The monoisotopic (exact) mass is 437 g/mol. The maximum atomic E-state index is 13.0. The first kappa shape index (κ1) is 19.9. The molecule has 150 valence electrons. The van der Waals surface area contributed by atoms with Gasteiger partial charge in [0.15, 0.2) is 0 Å². The molecule has 5 nitrogen and oxygen atoms in total. The third kappa shape index (κ3) is 4.26. The Bertz CT molecular complexity index is 865. The Labute approximate surface area is 178 Å². The number of nitrogens with zero attached hydrogens (tertiary/aromatic N) is 3. The second-order valence-electron chi connectivity index (χ2n) is 7.56. The van der Waals surface area contributed by atoms with E-state index in [1.807, 2.05) is 28.9 Å². The summed E-state index contributed by atoms with van der Waals surface area (Å²) in [5, 5.41) is 0.836. The number of thiazole rings is 1. The van der Waals surface area contributed by atoms with Gasteiger partial charge in [0, 0.05) is 32.6 Å². The first-order chi connectivity index (χ1) is 13.5. The summed E-state index contributed by atoms with van der Waals surface area (Å²) in [5.41, 5.74) is 0.759. The Morgan fingerprint density at radius 2 is 1.79 bits per heavy atom. The van der Waals surface area contributed by atoms with Crippen LogP contribution in [-0.2, 0) is 4.79 Å². The first-order valence-electron chi connectivity index (χ1n) is 9.81. The van der Waals surface area contributed by atoms with Crippen LogP contribution in [-0.4, -0.2) is 52.8 Å². The Kier molecular flexibility index (Phi) is 6.04. The maximum absolute atomic E-state index is 13.0. The van der Waals surface area contributed by atoms with E-state index in [1.54, 1.807) is 0 Å². The molecule has 1 aliphatic heterocycles. The van der Waals surface area contributed by atoms with Gasteiger partial charge in [0.05, 0.1) is 14.9 Å². The van der Waals surface area contributed by atoms with Crippen LogP contribution in [0, 0.1) is 12.8 Å². The molecule has 4 rings (SSSR count). The second kappa shape index (κ2) is 8.51. The van der Waals surface area contributed by atoms with E-state index in [1.165, 1.54) is 48.4 Å². The Hall–Kier alpha value is -1.44. The summed E-state index contributed by atoms with van der Waals surface area (Å²) in [5.74, 6) is 0.841. The average molecular weight is 438 g/mol. The third-order valence-corrected chi connectivity index (χ3v) is 8.18. The number of piperazine rings is 1. The minimum atomic E-state index is 0.0202. The van der Waals surface area contributed by atoms with Crippen molar-refractivity contribution in [2.75, 3.05) is 26.2 Å². The van der Waals surface area contributed by atoms with Crippen LogP contribution < -0.4 is 0 Å². The number of halogens is 1. The van der Waals surface area contributed by atoms with Gasteiger partial charge < -0.3 is 9.80 Å². The van der Waals surface area contributed by atoms with Gasteiger partial charge in [0.2, 0.25) is 5.91 Å². The lowest BCUT2D eigenvalue weighted by molar-refractivity contribution is -0.133. The predicted molar refractivity (Wildman–Crippen MR) is 114 cm³/mol. The molecule has 0 atom stereocenters. The normalized spacial score (nSPS) is 18.1. The fourth-order valence-electron chi connectivity index (χ4n) is 4.02. The van der Waals surface area contributed by atoms with Crippen LogP contribution in [0.3, 0.4) is 0 Å². The molecule has 0 bridgehead atoms. The molecule has 1 saturated heterocycles. The molecule has 8 heteroatoms. The van der Waals surface area contributed by atoms with Crippen LogP contribution in [0.4, 0.5) is 0 Å². The van der Waals surface area contributed by atoms with E-state index in [9.17, 15) is 9.59 Å². The summed E-state index contributed by atoms with van der Waals surface area (Å²) in [4.78, 5) is 35.5. The lowest BCUT2D eigenvalue weighted by Crippen LogP contribution is -2.50. The zero-order valence-corrected chi connectivity index (χ0v) is 18.3. The summed E-state index contributed by atoms with van der Waals surface area (Å²) in [6.45, 7) is 4.31. The standard InChI is InChI=1S/C20H24ClN3O2S2/c1-13-18(28-19(22-13)15-6-7-16(21)27-15)20(26)24-10-8-23(9-11-24)17(25)12-14-4-2-3-5-14/h6-7,14H,2-5,8-12H2,1H3. The zero-order valence-electron chi connectivity index (χ0n) is 15.9. The summed E-state index contributed by atoms with van der Waals surface area (Å²) in [6.07, 6.45) is 5.57. The van der Waals surface area contributed by atoms with E-state index in [0.29, 0.717) is 47.7 Å². The van der Waals surface area contributed by atoms with Crippen LogP contribution in [0.5, 0.6) is 0 Å².